The van der Waals surface area contributed by atoms with Crippen molar-refractivity contribution < 1.29 is 9.53 Å². The van der Waals surface area contributed by atoms with Gasteiger partial charge in [-0.05, 0) is 36.5 Å². The fraction of sp³-hybridized carbons (Fsp3) is 0.500. The molecule has 0 N–H and O–H groups in total. The number of ether oxygens (including phenoxy) is 1. The summed E-state index contributed by atoms with van der Waals surface area (Å²) in [6, 6.07) is 9.58. The summed E-state index contributed by atoms with van der Waals surface area (Å²) in [5.41, 5.74) is 1.75. The minimum absolute atomic E-state index is 0.135. The van der Waals surface area contributed by atoms with E-state index in [4.69, 9.17) is 10.00 Å². The van der Waals surface area contributed by atoms with Crippen molar-refractivity contribution in [3.63, 3.8) is 0 Å². The maximum Gasteiger partial charge on any atom is 0.306 e. The minimum Gasteiger partial charge on any atom is -0.466 e. The van der Waals surface area contributed by atoms with Crippen LogP contribution in [-0.2, 0) is 9.53 Å². The number of hydrogen-bond acceptors (Lipinski definition) is 3. The van der Waals surface area contributed by atoms with Gasteiger partial charge in [-0.25, -0.2) is 0 Å². The van der Waals surface area contributed by atoms with E-state index in [-0.39, 0.29) is 11.9 Å². The van der Waals surface area contributed by atoms with E-state index in [9.17, 15) is 4.79 Å². The molecule has 1 aromatic rings. The van der Waals surface area contributed by atoms with Crippen molar-refractivity contribution in [2.45, 2.75) is 45.4 Å². The van der Waals surface area contributed by atoms with E-state index < -0.39 is 0 Å². The third kappa shape index (κ3) is 5.13. The van der Waals surface area contributed by atoms with Crippen LogP contribution in [0.2, 0.25) is 0 Å². The predicted octanol–water partition coefficient (Wildman–Crippen LogP) is 3.79. The second kappa shape index (κ2) is 8.31. The van der Waals surface area contributed by atoms with Gasteiger partial charge in [-0.2, -0.15) is 5.26 Å². The SMILES string of the molecule is CCCOC(=O)C[C@@H](CCC)c1ccc(C#N)cc1. The van der Waals surface area contributed by atoms with Crippen LogP contribution in [0.3, 0.4) is 0 Å². The molecule has 0 fully saturated rings. The highest BCUT2D eigenvalue weighted by Crippen LogP contribution is 2.25. The highest BCUT2D eigenvalue weighted by molar-refractivity contribution is 5.70. The zero-order valence-corrected chi connectivity index (χ0v) is 11.7. The van der Waals surface area contributed by atoms with Crippen molar-refractivity contribution >= 4 is 5.97 Å². The molecule has 102 valence electrons. The van der Waals surface area contributed by atoms with Gasteiger partial charge < -0.3 is 4.74 Å². The first-order chi connectivity index (χ1) is 9.21. The molecule has 0 bridgehead atoms. The van der Waals surface area contributed by atoms with Gasteiger partial charge in [0.05, 0.1) is 24.7 Å². The van der Waals surface area contributed by atoms with Crippen LogP contribution in [0.1, 0.15) is 56.6 Å². The normalized spacial score (nSPS) is 11.6. The van der Waals surface area contributed by atoms with Crippen LogP contribution < -0.4 is 0 Å². The van der Waals surface area contributed by atoms with Gasteiger partial charge in [0.15, 0.2) is 0 Å². The lowest BCUT2D eigenvalue weighted by Crippen LogP contribution is -2.11. The molecule has 19 heavy (non-hydrogen) atoms. The van der Waals surface area contributed by atoms with Crippen molar-refractivity contribution in [1.82, 2.24) is 0 Å². The summed E-state index contributed by atoms with van der Waals surface area (Å²) in [6.07, 6.45) is 3.24. The van der Waals surface area contributed by atoms with Crippen LogP contribution in [0, 0.1) is 11.3 Å². The first kappa shape index (κ1) is 15.2. The highest BCUT2D eigenvalue weighted by Gasteiger charge is 2.16. The molecule has 0 aliphatic rings. The Labute approximate surface area is 115 Å². The first-order valence-corrected chi connectivity index (χ1v) is 6.86. The molecular formula is C16H21NO2. The Balaban J connectivity index is 2.70. The van der Waals surface area contributed by atoms with E-state index in [1.807, 2.05) is 19.1 Å². The predicted molar refractivity (Wildman–Crippen MR) is 74.7 cm³/mol. The molecule has 0 radical (unpaired) electrons. The Morgan fingerprint density at radius 3 is 2.47 bits per heavy atom. The second-order valence-corrected chi connectivity index (χ2v) is 4.64. The van der Waals surface area contributed by atoms with Crippen molar-refractivity contribution in [1.29, 1.82) is 5.26 Å². The Hall–Kier alpha value is -1.82. The first-order valence-electron chi connectivity index (χ1n) is 6.86. The summed E-state index contributed by atoms with van der Waals surface area (Å²) in [5, 5.41) is 8.79. The van der Waals surface area contributed by atoms with E-state index >= 15 is 0 Å². The number of rotatable bonds is 7. The van der Waals surface area contributed by atoms with Crippen LogP contribution in [0.5, 0.6) is 0 Å². The molecule has 0 saturated carbocycles. The Bertz CT molecular complexity index is 431. The quantitative estimate of drug-likeness (QED) is 0.700. The van der Waals surface area contributed by atoms with Crippen LogP contribution in [-0.4, -0.2) is 12.6 Å². The van der Waals surface area contributed by atoms with Crippen LogP contribution in [0.25, 0.3) is 0 Å². The number of esters is 1. The van der Waals surface area contributed by atoms with E-state index in [0.717, 1.165) is 24.8 Å². The third-order valence-corrected chi connectivity index (χ3v) is 3.03. The van der Waals surface area contributed by atoms with Crippen LogP contribution in [0.4, 0.5) is 0 Å². The molecule has 0 saturated heterocycles. The largest absolute Gasteiger partial charge is 0.466 e. The van der Waals surface area contributed by atoms with Crippen molar-refractivity contribution in [2.24, 2.45) is 0 Å². The van der Waals surface area contributed by atoms with Gasteiger partial charge >= 0.3 is 5.97 Å². The summed E-state index contributed by atoms with van der Waals surface area (Å²) in [4.78, 5) is 11.7. The average molecular weight is 259 g/mol. The summed E-state index contributed by atoms with van der Waals surface area (Å²) in [5.74, 6) is 0.0479. The maximum atomic E-state index is 11.7. The molecule has 0 aliphatic carbocycles. The lowest BCUT2D eigenvalue weighted by molar-refractivity contribution is -0.144. The minimum atomic E-state index is -0.135. The van der Waals surface area contributed by atoms with Gasteiger partial charge in [0.2, 0.25) is 0 Å². The number of benzene rings is 1. The van der Waals surface area contributed by atoms with Crippen molar-refractivity contribution in [2.75, 3.05) is 6.61 Å². The van der Waals surface area contributed by atoms with Crippen LogP contribution in [0.15, 0.2) is 24.3 Å². The molecule has 0 unspecified atom stereocenters. The Morgan fingerprint density at radius 2 is 1.95 bits per heavy atom. The lowest BCUT2D eigenvalue weighted by atomic mass is 9.91. The van der Waals surface area contributed by atoms with Crippen LogP contribution >= 0.6 is 0 Å². The van der Waals surface area contributed by atoms with E-state index in [1.165, 1.54) is 0 Å². The van der Waals surface area contributed by atoms with Crippen molar-refractivity contribution in [3.05, 3.63) is 35.4 Å². The molecule has 0 aromatic heterocycles. The zero-order valence-electron chi connectivity index (χ0n) is 11.7. The van der Waals surface area contributed by atoms with E-state index in [0.29, 0.717) is 18.6 Å². The summed E-state index contributed by atoms with van der Waals surface area (Å²) >= 11 is 0. The fourth-order valence-corrected chi connectivity index (χ4v) is 2.04. The highest BCUT2D eigenvalue weighted by atomic mass is 16.5. The fourth-order valence-electron chi connectivity index (χ4n) is 2.04. The standard InChI is InChI=1S/C16H21NO2/c1-3-5-15(11-16(18)19-10-4-2)14-8-6-13(12-17)7-9-14/h6-9,15H,3-5,10-11H2,1-2H3/t15-/m1/s1. The summed E-state index contributed by atoms with van der Waals surface area (Å²) < 4.78 is 5.14. The van der Waals surface area contributed by atoms with Crippen molar-refractivity contribution in [3.8, 4) is 6.07 Å². The Kier molecular flexibility index (Phi) is 6.67. The average Bonchev–Trinajstić information content (AvgIpc) is 2.45. The molecule has 0 spiro atoms. The molecule has 1 atom stereocenters. The topological polar surface area (TPSA) is 50.1 Å². The molecule has 0 amide bonds. The molecular weight excluding hydrogens is 238 g/mol. The lowest BCUT2D eigenvalue weighted by Gasteiger charge is -2.16. The number of nitriles is 1. The number of nitrogens with zero attached hydrogens (tertiary/aromatic N) is 1. The zero-order chi connectivity index (χ0) is 14.1. The van der Waals surface area contributed by atoms with Gasteiger partial charge in [0, 0.05) is 0 Å². The molecule has 1 rings (SSSR count). The van der Waals surface area contributed by atoms with Gasteiger partial charge in [0.25, 0.3) is 0 Å². The molecule has 3 nitrogen and oxygen atoms in total. The van der Waals surface area contributed by atoms with Gasteiger partial charge in [-0.1, -0.05) is 32.4 Å². The van der Waals surface area contributed by atoms with Gasteiger partial charge in [-0.15, -0.1) is 0 Å². The molecule has 3 heteroatoms. The Morgan fingerprint density at radius 1 is 1.26 bits per heavy atom. The third-order valence-electron chi connectivity index (χ3n) is 3.03. The number of carbonyl (C=O) groups excluding carboxylic acids is 1. The number of carbonyl (C=O) groups is 1. The number of hydrogen-bond donors (Lipinski definition) is 0. The van der Waals surface area contributed by atoms with E-state index in [1.54, 1.807) is 12.1 Å². The van der Waals surface area contributed by atoms with Gasteiger partial charge in [0.1, 0.15) is 0 Å². The molecule has 0 heterocycles. The smallest absolute Gasteiger partial charge is 0.306 e. The molecule has 1 aromatic carbocycles. The molecule has 0 aliphatic heterocycles. The monoisotopic (exact) mass is 259 g/mol. The summed E-state index contributed by atoms with van der Waals surface area (Å²) in [6.45, 7) is 4.58. The van der Waals surface area contributed by atoms with E-state index in [2.05, 4.69) is 13.0 Å². The van der Waals surface area contributed by atoms with Gasteiger partial charge in [-0.3, -0.25) is 4.79 Å². The second-order valence-electron chi connectivity index (χ2n) is 4.64. The summed E-state index contributed by atoms with van der Waals surface area (Å²) in [7, 11) is 0. The maximum absolute atomic E-state index is 11.7.